The summed E-state index contributed by atoms with van der Waals surface area (Å²) < 4.78 is 16.1. The average molecular weight is 380 g/mol. The highest BCUT2D eigenvalue weighted by Crippen LogP contribution is 2.39. The van der Waals surface area contributed by atoms with Crippen LogP contribution >= 0.6 is 0 Å². The van der Waals surface area contributed by atoms with Gasteiger partial charge in [0.1, 0.15) is 5.75 Å². The fourth-order valence-electron chi connectivity index (χ4n) is 3.38. The SMILES string of the molecule is COc1cc(/C=C2\CCC/C(=C\c3cccc(O)c3)C2=O)cc(OC)c1OC. The maximum Gasteiger partial charge on any atom is 0.203 e. The Balaban J connectivity index is 1.95. The van der Waals surface area contributed by atoms with Crippen LogP contribution in [0.5, 0.6) is 23.0 Å². The Morgan fingerprint density at radius 2 is 1.46 bits per heavy atom. The zero-order valence-electron chi connectivity index (χ0n) is 16.3. The number of carbonyl (C=O) groups is 1. The second-order valence-electron chi connectivity index (χ2n) is 6.58. The summed E-state index contributed by atoms with van der Waals surface area (Å²) in [6, 6.07) is 10.6. The van der Waals surface area contributed by atoms with E-state index in [0.717, 1.165) is 35.1 Å². The van der Waals surface area contributed by atoms with Gasteiger partial charge in [0.25, 0.3) is 0 Å². The van der Waals surface area contributed by atoms with Crippen LogP contribution in [-0.2, 0) is 4.79 Å². The molecule has 146 valence electrons. The third kappa shape index (κ3) is 4.19. The van der Waals surface area contributed by atoms with Gasteiger partial charge in [0.05, 0.1) is 21.3 Å². The van der Waals surface area contributed by atoms with Crippen LogP contribution in [0.25, 0.3) is 12.2 Å². The topological polar surface area (TPSA) is 65.0 Å². The molecule has 28 heavy (non-hydrogen) atoms. The molecule has 0 radical (unpaired) electrons. The summed E-state index contributed by atoms with van der Waals surface area (Å²) in [5.74, 6) is 1.83. The lowest BCUT2D eigenvalue weighted by atomic mass is 9.87. The van der Waals surface area contributed by atoms with E-state index in [1.54, 1.807) is 39.5 Å². The molecular weight excluding hydrogens is 356 g/mol. The smallest absolute Gasteiger partial charge is 0.203 e. The number of methoxy groups -OCH3 is 3. The molecule has 0 atom stereocenters. The van der Waals surface area contributed by atoms with Crippen molar-refractivity contribution in [2.45, 2.75) is 19.3 Å². The molecule has 1 aliphatic carbocycles. The van der Waals surface area contributed by atoms with Crippen molar-refractivity contribution in [2.24, 2.45) is 0 Å². The fraction of sp³-hybridized carbons (Fsp3) is 0.261. The number of hydrogen-bond donors (Lipinski definition) is 1. The van der Waals surface area contributed by atoms with Gasteiger partial charge in [-0.1, -0.05) is 12.1 Å². The van der Waals surface area contributed by atoms with Crippen LogP contribution in [0.3, 0.4) is 0 Å². The first kappa shape index (κ1) is 19.5. The Bertz CT molecular complexity index is 915. The van der Waals surface area contributed by atoms with Gasteiger partial charge in [0, 0.05) is 11.1 Å². The first-order valence-electron chi connectivity index (χ1n) is 9.10. The molecule has 0 aromatic heterocycles. The minimum Gasteiger partial charge on any atom is -0.508 e. The third-order valence-corrected chi connectivity index (χ3v) is 4.71. The number of benzene rings is 2. The van der Waals surface area contributed by atoms with Gasteiger partial charge in [-0.15, -0.1) is 0 Å². The van der Waals surface area contributed by atoms with E-state index >= 15 is 0 Å². The molecule has 1 fully saturated rings. The second-order valence-corrected chi connectivity index (χ2v) is 6.58. The minimum atomic E-state index is 0.0309. The van der Waals surface area contributed by atoms with Crippen LogP contribution in [0, 0.1) is 0 Å². The van der Waals surface area contributed by atoms with Crippen molar-refractivity contribution < 1.29 is 24.1 Å². The van der Waals surface area contributed by atoms with E-state index in [1.807, 2.05) is 30.4 Å². The molecule has 2 aromatic rings. The quantitative estimate of drug-likeness (QED) is 0.766. The summed E-state index contributed by atoms with van der Waals surface area (Å²) in [7, 11) is 4.69. The Hall–Kier alpha value is -3.21. The van der Waals surface area contributed by atoms with Crippen molar-refractivity contribution in [3.63, 3.8) is 0 Å². The normalized spacial score (nSPS) is 17.0. The van der Waals surface area contributed by atoms with Crippen LogP contribution in [0.15, 0.2) is 47.5 Å². The molecule has 0 heterocycles. The number of rotatable bonds is 5. The monoisotopic (exact) mass is 380 g/mol. The number of phenolic OH excluding ortho intramolecular Hbond substituents is 1. The molecule has 0 saturated heterocycles. The molecule has 0 spiro atoms. The molecule has 0 bridgehead atoms. The van der Waals surface area contributed by atoms with Gasteiger partial charge in [0.2, 0.25) is 5.75 Å². The maximum atomic E-state index is 13.0. The van der Waals surface area contributed by atoms with E-state index < -0.39 is 0 Å². The van der Waals surface area contributed by atoms with Gasteiger partial charge < -0.3 is 19.3 Å². The van der Waals surface area contributed by atoms with Gasteiger partial charge >= 0.3 is 0 Å². The van der Waals surface area contributed by atoms with Gasteiger partial charge in [-0.05, 0) is 66.8 Å². The Morgan fingerprint density at radius 1 is 0.857 bits per heavy atom. The van der Waals surface area contributed by atoms with Crippen LogP contribution in [0.1, 0.15) is 30.4 Å². The summed E-state index contributed by atoms with van der Waals surface area (Å²) in [4.78, 5) is 13.0. The van der Waals surface area contributed by atoms with E-state index in [9.17, 15) is 9.90 Å². The summed E-state index contributed by atoms with van der Waals surface area (Å²) in [6.45, 7) is 0. The second kappa shape index (κ2) is 8.65. The third-order valence-electron chi connectivity index (χ3n) is 4.71. The minimum absolute atomic E-state index is 0.0309. The van der Waals surface area contributed by atoms with Gasteiger partial charge in [0.15, 0.2) is 17.3 Å². The predicted octanol–water partition coefficient (Wildman–Crippen LogP) is 4.64. The zero-order chi connectivity index (χ0) is 20.1. The van der Waals surface area contributed by atoms with Crippen molar-refractivity contribution in [2.75, 3.05) is 21.3 Å². The molecule has 1 saturated carbocycles. The number of allylic oxidation sites excluding steroid dienone is 2. The first-order valence-corrected chi connectivity index (χ1v) is 9.10. The number of phenols is 1. The van der Waals surface area contributed by atoms with E-state index in [4.69, 9.17) is 14.2 Å². The Labute approximate surface area is 164 Å². The van der Waals surface area contributed by atoms with E-state index in [-0.39, 0.29) is 11.5 Å². The molecule has 1 N–H and O–H groups in total. The molecule has 3 rings (SSSR count). The fourth-order valence-corrected chi connectivity index (χ4v) is 3.38. The number of ether oxygens (including phenoxy) is 3. The summed E-state index contributed by atoms with van der Waals surface area (Å²) in [6.07, 6.45) is 6.06. The molecule has 0 aliphatic heterocycles. The van der Waals surface area contributed by atoms with Crippen LogP contribution in [-0.4, -0.2) is 32.2 Å². The van der Waals surface area contributed by atoms with Crippen LogP contribution < -0.4 is 14.2 Å². The van der Waals surface area contributed by atoms with Gasteiger partial charge in [-0.3, -0.25) is 4.79 Å². The molecular formula is C23H24O5. The molecule has 0 unspecified atom stereocenters. The highest BCUT2D eigenvalue weighted by molar-refractivity contribution is 6.14. The van der Waals surface area contributed by atoms with Crippen molar-refractivity contribution in [3.8, 4) is 23.0 Å². The highest BCUT2D eigenvalue weighted by atomic mass is 16.5. The van der Waals surface area contributed by atoms with Crippen molar-refractivity contribution in [3.05, 3.63) is 58.7 Å². The van der Waals surface area contributed by atoms with E-state index in [2.05, 4.69) is 0 Å². The summed E-state index contributed by atoms with van der Waals surface area (Å²) >= 11 is 0. The van der Waals surface area contributed by atoms with Crippen molar-refractivity contribution in [1.82, 2.24) is 0 Å². The van der Waals surface area contributed by atoms with E-state index in [0.29, 0.717) is 23.7 Å². The predicted molar refractivity (Wildman–Crippen MR) is 109 cm³/mol. The summed E-state index contributed by atoms with van der Waals surface area (Å²) in [5.41, 5.74) is 3.12. The lowest BCUT2D eigenvalue weighted by Gasteiger charge is -2.17. The first-order chi connectivity index (χ1) is 13.5. The van der Waals surface area contributed by atoms with Crippen molar-refractivity contribution >= 4 is 17.9 Å². The number of Topliss-reactive ketones (excluding diaryl/α,β-unsaturated/α-hetero) is 1. The molecule has 2 aromatic carbocycles. The summed E-state index contributed by atoms with van der Waals surface area (Å²) in [5, 5.41) is 9.64. The number of carbonyl (C=O) groups excluding carboxylic acids is 1. The number of ketones is 1. The number of hydrogen-bond acceptors (Lipinski definition) is 5. The maximum absolute atomic E-state index is 13.0. The molecule has 5 nitrogen and oxygen atoms in total. The van der Waals surface area contributed by atoms with E-state index in [1.165, 1.54) is 0 Å². The standard InChI is InChI=1S/C23H24O5/c1-26-20-13-16(14-21(27-2)23(20)28-3)11-18-8-5-7-17(22(18)25)10-15-6-4-9-19(24)12-15/h4,6,9-14,24H,5,7-8H2,1-3H3/b17-10+,18-11+. The van der Waals surface area contributed by atoms with Crippen molar-refractivity contribution in [1.29, 1.82) is 0 Å². The number of aromatic hydroxyl groups is 1. The highest BCUT2D eigenvalue weighted by Gasteiger charge is 2.21. The van der Waals surface area contributed by atoms with Gasteiger partial charge in [-0.2, -0.15) is 0 Å². The van der Waals surface area contributed by atoms with Gasteiger partial charge in [-0.25, -0.2) is 0 Å². The molecule has 0 amide bonds. The molecule has 1 aliphatic rings. The van der Waals surface area contributed by atoms with Crippen LogP contribution in [0.2, 0.25) is 0 Å². The lowest BCUT2D eigenvalue weighted by molar-refractivity contribution is -0.112. The molecule has 5 heteroatoms. The Kier molecular flexibility index (Phi) is 6.04. The largest absolute Gasteiger partial charge is 0.508 e. The Morgan fingerprint density at radius 3 is 2.00 bits per heavy atom. The lowest BCUT2D eigenvalue weighted by Crippen LogP contribution is -2.12. The average Bonchev–Trinajstić information content (AvgIpc) is 2.70. The van der Waals surface area contributed by atoms with Crippen LogP contribution in [0.4, 0.5) is 0 Å². The zero-order valence-corrected chi connectivity index (χ0v) is 16.3.